The van der Waals surface area contributed by atoms with E-state index in [2.05, 4.69) is 20.4 Å². The third-order valence-corrected chi connectivity index (χ3v) is 8.83. The zero-order valence-corrected chi connectivity index (χ0v) is 26.7. The molecule has 240 valence electrons. The van der Waals surface area contributed by atoms with Crippen LogP contribution in [0.3, 0.4) is 0 Å². The van der Waals surface area contributed by atoms with Crippen molar-refractivity contribution >= 4 is 33.0 Å². The SMILES string of the molecule is Cc1ccc(S(=O)(=O)n2cc(-c3cnn(Cc4cccc(F)c4)c3)c3cc(-c4cnc(NC(=O)OC(C)(C)C)c(F)c4)cnc32)cc1. The maximum Gasteiger partial charge on any atom is 0.413 e. The first kappa shape index (κ1) is 31.5. The Kier molecular flexibility index (Phi) is 8.10. The molecule has 0 aliphatic heterocycles. The van der Waals surface area contributed by atoms with Crippen LogP contribution in [0.2, 0.25) is 0 Å². The number of anilines is 1. The smallest absolute Gasteiger partial charge is 0.413 e. The fraction of sp³-hybridized carbons (Fsp3) is 0.176. The minimum Gasteiger partial charge on any atom is -0.444 e. The Hall–Kier alpha value is -5.43. The number of nitrogens with zero attached hydrogens (tertiary/aromatic N) is 5. The summed E-state index contributed by atoms with van der Waals surface area (Å²) in [6.07, 6.45) is 6.74. The van der Waals surface area contributed by atoms with Crippen molar-refractivity contribution in [3.05, 3.63) is 114 Å². The van der Waals surface area contributed by atoms with Gasteiger partial charge in [0, 0.05) is 52.4 Å². The first-order valence-electron chi connectivity index (χ1n) is 14.5. The lowest BCUT2D eigenvalue weighted by Gasteiger charge is -2.19. The van der Waals surface area contributed by atoms with E-state index in [0.29, 0.717) is 33.2 Å². The Balaban J connectivity index is 1.42. The molecule has 0 bridgehead atoms. The standard InChI is InChI=1S/C34H30F2N6O4S/c1-21-8-10-27(11-9-21)47(44,45)42-20-29(25-17-39-41(19-25)18-22-6-5-7-26(35)12-22)28-13-23(16-38-32(28)42)24-14-30(36)31(37-15-24)40-33(43)46-34(2,3)4/h5-17,19-20H,18H2,1-4H3,(H,37,40,43). The number of hydrogen-bond acceptors (Lipinski definition) is 7. The number of rotatable bonds is 7. The fourth-order valence-electron chi connectivity index (χ4n) is 4.97. The Morgan fingerprint density at radius 1 is 0.915 bits per heavy atom. The van der Waals surface area contributed by atoms with Gasteiger partial charge in [0.15, 0.2) is 17.3 Å². The van der Waals surface area contributed by atoms with Gasteiger partial charge in [-0.15, -0.1) is 0 Å². The van der Waals surface area contributed by atoms with E-state index in [1.807, 2.05) is 6.92 Å². The molecular formula is C34H30F2N6O4S. The van der Waals surface area contributed by atoms with Crippen LogP contribution in [0.4, 0.5) is 19.4 Å². The maximum absolute atomic E-state index is 15.1. The molecule has 1 amide bonds. The number of amides is 1. The molecule has 0 saturated heterocycles. The number of halogens is 2. The number of fused-ring (bicyclic) bond motifs is 1. The second-order valence-corrected chi connectivity index (χ2v) is 13.8. The highest BCUT2D eigenvalue weighted by atomic mass is 32.2. The first-order valence-corrected chi connectivity index (χ1v) is 16.0. The van der Waals surface area contributed by atoms with Crippen LogP contribution in [0.1, 0.15) is 31.9 Å². The minimum absolute atomic E-state index is 0.0820. The molecule has 2 aromatic carbocycles. The van der Waals surface area contributed by atoms with Crippen molar-refractivity contribution in [3.8, 4) is 22.3 Å². The zero-order valence-electron chi connectivity index (χ0n) is 25.9. The van der Waals surface area contributed by atoms with Crippen molar-refractivity contribution < 1.29 is 26.7 Å². The van der Waals surface area contributed by atoms with E-state index in [-0.39, 0.29) is 28.7 Å². The molecule has 0 unspecified atom stereocenters. The monoisotopic (exact) mass is 656 g/mol. The quantitative estimate of drug-likeness (QED) is 0.193. The largest absolute Gasteiger partial charge is 0.444 e. The predicted molar refractivity (Wildman–Crippen MR) is 173 cm³/mol. The van der Waals surface area contributed by atoms with Crippen LogP contribution in [0, 0.1) is 18.6 Å². The number of benzene rings is 2. The molecule has 1 N–H and O–H groups in total. The molecule has 13 heteroatoms. The third kappa shape index (κ3) is 6.75. The first-order chi connectivity index (χ1) is 22.3. The van der Waals surface area contributed by atoms with Crippen LogP contribution >= 0.6 is 0 Å². The van der Waals surface area contributed by atoms with E-state index < -0.39 is 27.5 Å². The minimum atomic E-state index is -4.07. The highest BCUT2D eigenvalue weighted by Crippen LogP contribution is 2.35. The number of pyridine rings is 2. The highest BCUT2D eigenvalue weighted by Gasteiger charge is 2.24. The number of ether oxygens (including phenoxy) is 1. The van der Waals surface area contributed by atoms with E-state index in [9.17, 15) is 17.6 Å². The van der Waals surface area contributed by atoms with Crippen LogP contribution in [0.15, 0.2) is 96.5 Å². The van der Waals surface area contributed by atoms with E-state index in [1.165, 1.54) is 48.9 Å². The molecule has 0 fully saturated rings. The summed E-state index contributed by atoms with van der Waals surface area (Å²) in [4.78, 5) is 20.8. The van der Waals surface area contributed by atoms with Gasteiger partial charge in [-0.3, -0.25) is 10.00 Å². The van der Waals surface area contributed by atoms with Gasteiger partial charge in [0.1, 0.15) is 11.4 Å². The van der Waals surface area contributed by atoms with Crippen molar-refractivity contribution in [1.29, 1.82) is 0 Å². The number of aromatic nitrogens is 5. The van der Waals surface area contributed by atoms with E-state index in [1.54, 1.807) is 68.2 Å². The summed E-state index contributed by atoms with van der Waals surface area (Å²) in [6.45, 7) is 7.21. The predicted octanol–water partition coefficient (Wildman–Crippen LogP) is 7.18. The highest BCUT2D eigenvalue weighted by molar-refractivity contribution is 7.90. The van der Waals surface area contributed by atoms with Crippen molar-refractivity contribution in [3.63, 3.8) is 0 Å². The number of nitrogens with one attached hydrogen (secondary N) is 1. The second kappa shape index (κ2) is 12.1. The average Bonchev–Trinajstić information content (AvgIpc) is 3.62. The van der Waals surface area contributed by atoms with Gasteiger partial charge in [-0.2, -0.15) is 5.10 Å². The molecule has 0 atom stereocenters. The topological polar surface area (TPSA) is 121 Å². The summed E-state index contributed by atoms with van der Waals surface area (Å²) >= 11 is 0. The molecule has 0 aliphatic rings. The molecule has 10 nitrogen and oxygen atoms in total. The lowest BCUT2D eigenvalue weighted by Crippen LogP contribution is -2.27. The Morgan fingerprint density at radius 3 is 2.34 bits per heavy atom. The molecule has 6 rings (SSSR count). The van der Waals surface area contributed by atoms with E-state index in [0.717, 1.165) is 9.54 Å². The van der Waals surface area contributed by atoms with Crippen LogP contribution < -0.4 is 5.32 Å². The van der Waals surface area contributed by atoms with Gasteiger partial charge in [0.2, 0.25) is 0 Å². The molecule has 0 aliphatic carbocycles. The molecule has 0 spiro atoms. The normalized spacial score (nSPS) is 12.0. The summed E-state index contributed by atoms with van der Waals surface area (Å²) in [5.41, 5.74) is 2.87. The summed E-state index contributed by atoms with van der Waals surface area (Å²) in [5.74, 6) is -1.47. The lowest BCUT2D eigenvalue weighted by molar-refractivity contribution is 0.0634. The maximum atomic E-state index is 15.1. The third-order valence-electron chi connectivity index (χ3n) is 7.16. The summed E-state index contributed by atoms with van der Waals surface area (Å²) in [7, 11) is -4.07. The van der Waals surface area contributed by atoms with Crippen LogP contribution in [0.5, 0.6) is 0 Å². The van der Waals surface area contributed by atoms with Gasteiger partial charge in [-0.1, -0.05) is 29.8 Å². The molecule has 0 radical (unpaired) electrons. The molecule has 4 heterocycles. The molecule has 47 heavy (non-hydrogen) atoms. The average molecular weight is 657 g/mol. The van der Waals surface area contributed by atoms with Gasteiger partial charge in [-0.05, 0) is 69.7 Å². The van der Waals surface area contributed by atoms with E-state index in [4.69, 9.17) is 4.74 Å². The van der Waals surface area contributed by atoms with Gasteiger partial charge < -0.3 is 4.74 Å². The molecule has 6 aromatic rings. The van der Waals surface area contributed by atoms with Crippen LogP contribution in [-0.4, -0.2) is 43.8 Å². The summed E-state index contributed by atoms with van der Waals surface area (Å²) in [6, 6.07) is 15.5. The fourth-order valence-corrected chi connectivity index (χ4v) is 6.30. The Labute approximate surface area is 269 Å². The lowest BCUT2D eigenvalue weighted by atomic mass is 10.1. The van der Waals surface area contributed by atoms with Crippen LogP contribution in [0.25, 0.3) is 33.3 Å². The molecular weight excluding hydrogens is 626 g/mol. The van der Waals surface area contributed by atoms with E-state index >= 15 is 4.39 Å². The number of hydrogen-bond donors (Lipinski definition) is 1. The second-order valence-electron chi connectivity index (χ2n) is 12.0. The van der Waals surface area contributed by atoms with Crippen molar-refractivity contribution in [1.82, 2.24) is 23.7 Å². The summed E-state index contributed by atoms with van der Waals surface area (Å²) in [5, 5.41) is 7.18. The van der Waals surface area contributed by atoms with Crippen molar-refractivity contribution in [2.24, 2.45) is 0 Å². The number of aryl methyl sites for hydroxylation is 1. The number of carbonyl (C=O) groups excluding carboxylic acids is 1. The molecule has 0 saturated carbocycles. The zero-order chi connectivity index (χ0) is 33.5. The summed E-state index contributed by atoms with van der Waals surface area (Å²) < 4.78 is 64.5. The number of carbonyl (C=O) groups is 1. The van der Waals surface area contributed by atoms with Crippen molar-refractivity contribution in [2.45, 2.75) is 44.7 Å². The Bertz CT molecular complexity index is 2240. The van der Waals surface area contributed by atoms with Crippen molar-refractivity contribution in [2.75, 3.05) is 5.32 Å². The van der Waals surface area contributed by atoms with Gasteiger partial charge >= 0.3 is 6.09 Å². The van der Waals surface area contributed by atoms with Gasteiger partial charge in [-0.25, -0.2) is 35.9 Å². The van der Waals surface area contributed by atoms with Gasteiger partial charge in [0.05, 0.1) is 17.6 Å². The Morgan fingerprint density at radius 2 is 1.64 bits per heavy atom. The van der Waals surface area contributed by atoms with Crippen LogP contribution in [-0.2, 0) is 21.3 Å². The molecule has 4 aromatic heterocycles. The van der Waals surface area contributed by atoms with Gasteiger partial charge in [0.25, 0.3) is 10.0 Å².